The summed E-state index contributed by atoms with van der Waals surface area (Å²) < 4.78 is 0. The molecule has 3 rings (SSSR count). The highest BCUT2D eigenvalue weighted by atomic mass is 16.4. The second-order valence-corrected chi connectivity index (χ2v) is 5.57. The van der Waals surface area contributed by atoms with Crippen molar-refractivity contribution in [2.45, 2.75) is 25.8 Å². The highest BCUT2D eigenvalue weighted by Gasteiger charge is 2.37. The molecule has 110 valence electrons. The number of carboxylic acids is 1. The molecule has 6 heteroatoms. The van der Waals surface area contributed by atoms with Gasteiger partial charge in [-0.2, -0.15) is 5.10 Å². The van der Waals surface area contributed by atoms with Crippen molar-refractivity contribution in [3.63, 3.8) is 0 Å². The van der Waals surface area contributed by atoms with Crippen LogP contribution >= 0.6 is 0 Å². The van der Waals surface area contributed by atoms with Crippen molar-refractivity contribution >= 4 is 22.8 Å². The molecule has 0 radical (unpaired) electrons. The third kappa shape index (κ3) is 2.37. The van der Waals surface area contributed by atoms with Gasteiger partial charge in [-0.3, -0.25) is 9.89 Å². The van der Waals surface area contributed by atoms with Gasteiger partial charge in [-0.05, 0) is 37.0 Å². The van der Waals surface area contributed by atoms with Gasteiger partial charge in [0.1, 0.15) is 6.04 Å². The maximum Gasteiger partial charge on any atom is 0.326 e. The van der Waals surface area contributed by atoms with Crippen LogP contribution in [0.1, 0.15) is 30.1 Å². The number of carboxylic acid groups (broad SMARTS) is 1. The smallest absolute Gasteiger partial charge is 0.326 e. The minimum Gasteiger partial charge on any atom is -0.480 e. The molecule has 1 aromatic carbocycles. The van der Waals surface area contributed by atoms with Crippen LogP contribution in [0.25, 0.3) is 10.9 Å². The van der Waals surface area contributed by atoms with Crippen molar-refractivity contribution in [1.29, 1.82) is 0 Å². The van der Waals surface area contributed by atoms with Crippen molar-refractivity contribution in [1.82, 2.24) is 15.1 Å². The van der Waals surface area contributed by atoms with Crippen molar-refractivity contribution in [3.05, 3.63) is 30.0 Å². The topological polar surface area (TPSA) is 86.3 Å². The number of H-pyrrole nitrogens is 1. The Bertz CT molecular complexity index is 694. The van der Waals surface area contributed by atoms with Crippen LogP contribution < -0.4 is 0 Å². The molecule has 0 bridgehead atoms. The molecular weight excluding hydrogens is 270 g/mol. The monoisotopic (exact) mass is 287 g/mol. The summed E-state index contributed by atoms with van der Waals surface area (Å²) in [6.45, 7) is 2.38. The molecule has 1 amide bonds. The van der Waals surface area contributed by atoms with E-state index in [9.17, 15) is 14.7 Å². The van der Waals surface area contributed by atoms with Crippen LogP contribution in [0.15, 0.2) is 24.4 Å². The van der Waals surface area contributed by atoms with Crippen LogP contribution in [0, 0.1) is 5.92 Å². The Morgan fingerprint density at radius 1 is 1.43 bits per heavy atom. The number of piperidine rings is 1. The lowest BCUT2D eigenvalue weighted by atomic mass is 9.90. The van der Waals surface area contributed by atoms with Crippen LogP contribution in [0.5, 0.6) is 0 Å². The second-order valence-electron chi connectivity index (χ2n) is 5.57. The molecular formula is C15H17N3O3. The standard InChI is InChI=1S/C15H17N3O3/c1-9-3-2-6-18(13(9)15(20)21)14(19)10-4-5-12-11(7-10)8-16-17-12/h4-5,7-9,13H,2-3,6H2,1H3,(H,16,17)(H,20,21). The Morgan fingerprint density at radius 3 is 3.00 bits per heavy atom. The zero-order chi connectivity index (χ0) is 15.0. The number of aromatic nitrogens is 2. The molecule has 1 aliphatic heterocycles. The summed E-state index contributed by atoms with van der Waals surface area (Å²) >= 11 is 0. The normalized spacial score (nSPS) is 22.4. The number of nitrogens with zero attached hydrogens (tertiary/aromatic N) is 2. The van der Waals surface area contributed by atoms with E-state index in [1.54, 1.807) is 24.4 Å². The van der Waals surface area contributed by atoms with E-state index in [0.29, 0.717) is 12.1 Å². The van der Waals surface area contributed by atoms with E-state index in [-0.39, 0.29) is 11.8 Å². The van der Waals surface area contributed by atoms with E-state index in [0.717, 1.165) is 23.7 Å². The number of aliphatic carboxylic acids is 1. The van der Waals surface area contributed by atoms with E-state index >= 15 is 0 Å². The molecule has 1 saturated heterocycles. The Morgan fingerprint density at radius 2 is 2.24 bits per heavy atom. The average molecular weight is 287 g/mol. The summed E-state index contributed by atoms with van der Waals surface area (Å²) in [5.41, 5.74) is 1.36. The lowest BCUT2D eigenvalue weighted by molar-refractivity contribution is -0.145. The van der Waals surface area contributed by atoms with Gasteiger partial charge in [0.15, 0.2) is 0 Å². The van der Waals surface area contributed by atoms with E-state index in [1.807, 2.05) is 6.92 Å². The van der Waals surface area contributed by atoms with Crippen LogP contribution in [0.3, 0.4) is 0 Å². The van der Waals surface area contributed by atoms with Crippen LogP contribution in [-0.2, 0) is 4.79 Å². The fourth-order valence-electron chi connectivity index (χ4n) is 3.03. The summed E-state index contributed by atoms with van der Waals surface area (Å²) in [5, 5.41) is 17.0. The molecule has 1 fully saturated rings. The van der Waals surface area contributed by atoms with Crippen LogP contribution in [0.4, 0.5) is 0 Å². The molecule has 0 saturated carbocycles. The summed E-state index contributed by atoms with van der Waals surface area (Å²) in [4.78, 5) is 25.6. The van der Waals surface area contributed by atoms with Crippen LogP contribution in [-0.4, -0.2) is 44.7 Å². The Kier molecular flexibility index (Phi) is 3.37. The van der Waals surface area contributed by atoms with Crippen molar-refractivity contribution in [2.75, 3.05) is 6.54 Å². The fourth-order valence-corrected chi connectivity index (χ4v) is 3.03. The summed E-state index contributed by atoms with van der Waals surface area (Å²) in [7, 11) is 0. The van der Waals surface area contributed by atoms with E-state index in [1.165, 1.54) is 4.90 Å². The second kappa shape index (κ2) is 5.20. The molecule has 1 aliphatic rings. The summed E-state index contributed by atoms with van der Waals surface area (Å²) in [6, 6.07) is 4.50. The summed E-state index contributed by atoms with van der Waals surface area (Å²) in [5.74, 6) is -1.19. The van der Waals surface area contributed by atoms with Gasteiger partial charge in [0, 0.05) is 17.5 Å². The van der Waals surface area contributed by atoms with Gasteiger partial charge < -0.3 is 10.0 Å². The van der Waals surface area contributed by atoms with Crippen LogP contribution in [0.2, 0.25) is 0 Å². The number of nitrogens with one attached hydrogen (secondary N) is 1. The number of hydrogen-bond donors (Lipinski definition) is 2. The van der Waals surface area contributed by atoms with Gasteiger partial charge in [-0.1, -0.05) is 6.92 Å². The summed E-state index contributed by atoms with van der Waals surface area (Å²) in [6.07, 6.45) is 3.33. The lowest BCUT2D eigenvalue weighted by Gasteiger charge is -2.37. The van der Waals surface area contributed by atoms with E-state index in [4.69, 9.17) is 0 Å². The quantitative estimate of drug-likeness (QED) is 0.883. The molecule has 0 spiro atoms. The maximum absolute atomic E-state index is 12.7. The number of aromatic amines is 1. The first-order valence-corrected chi connectivity index (χ1v) is 7.05. The van der Waals surface area contributed by atoms with Gasteiger partial charge in [0.05, 0.1) is 11.7 Å². The Balaban J connectivity index is 1.93. The molecule has 2 unspecified atom stereocenters. The van der Waals surface area contributed by atoms with Crippen molar-refractivity contribution in [3.8, 4) is 0 Å². The van der Waals surface area contributed by atoms with E-state index in [2.05, 4.69) is 10.2 Å². The molecule has 2 aromatic rings. The van der Waals surface area contributed by atoms with Gasteiger partial charge in [-0.25, -0.2) is 4.79 Å². The first-order chi connectivity index (χ1) is 10.1. The molecule has 0 aliphatic carbocycles. The third-order valence-corrected chi connectivity index (χ3v) is 4.13. The first-order valence-electron chi connectivity index (χ1n) is 7.05. The SMILES string of the molecule is CC1CCCN(C(=O)c2ccc3[nH]ncc3c2)C1C(=O)O. The third-order valence-electron chi connectivity index (χ3n) is 4.13. The largest absolute Gasteiger partial charge is 0.480 e. The number of benzene rings is 1. The number of fused-ring (bicyclic) bond motifs is 1. The minimum atomic E-state index is -0.931. The number of amides is 1. The number of hydrogen-bond acceptors (Lipinski definition) is 3. The fraction of sp³-hybridized carbons (Fsp3) is 0.400. The zero-order valence-electron chi connectivity index (χ0n) is 11.7. The molecule has 2 N–H and O–H groups in total. The maximum atomic E-state index is 12.7. The number of likely N-dealkylation sites (tertiary alicyclic amines) is 1. The Hall–Kier alpha value is -2.37. The number of carbonyl (C=O) groups is 2. The average Bonchev–Trinajstić information content (AvgIpc) is 2.93. The minimum absolute atomic E-state index is 0.0298. The van der Waals surface area contributed by atoms with E-state index < -0.39 is 12.0 Å². The molecule has 2 atom stereocenters. The van der Waals surface area contributed by atoms with Gasteiger partial charge in [0.2, 0.25) is 0 Å². The Labute approximate surface area is 121 Å². The predicted octanol–water partition coefficient (Wildman–Crippen LogP) is 1.89. The number of carbonyl (C=O) groups excluding carboxylic acids is 1. The van der Waals surface area contributed by atoms with Crippen molar-refractivity contribution < 1.29 is 14.7 Å². The molecule has 21 heavy (non-hydrogen) atoms. The molecule has 2 heterocycles. The molecule has 6 nitrogen and oxygen atoms in total. The molecule has 1 aromatic heterocycles. The predicted molar refractivity (Wildman–Crippen MR) is 77.0 cm³/mol. The zero-order valence-corrected chi connectivity index (χ0v) is 11.7. The number of rotatable bonds is 2. The first kappa shape index (κ1) is 13.6. The highest BCUT2D eigenvalue weighted by Crippen LogP contribution is 2.26. The van der Waals surface area contributed by atoms with Gasteiger partial charge in [-0.15, -0.1) is 0 Å². The van der Waals surface area contributed by atoms with Gasteiger partial charge in [0.25, 0.3) is 5.91 Å². The van der Waals surface area contributed by atoms with Gasteiger partial charge >= 0.3 is 5.97 Å². The van der Waals surface area contributed by atoms with Crippen molar-refractivity contribution in [2.24, 2.45) is 5.92 Å². The highest BCUT2D eigenvalue weighted by molar-refractivity contribution is 5.99. The lowest BCUT2D eigenvalue weighted by Crippen LogP contribution is -2.51.